The highest BCUT2D eigenvalue weighted by molar-refractivity contribution is 5.87. The van der Waals surface area contributed by atoms with Gasteiger partial charge in [-0.05, 0) is 23.3 Å². The molecule has 3 aromatic rings. The number of benzene rings is 3. The lowest BCUT2D eigenvalue weighted by molar-refractivity contribution is -0.131. The van der Waals surface area contributed by atoms with Crippen LogP contribution in [0.4, 0.5) is 0 Å². The first kappa shape index (κ1) is 15.8. The van der Waals surface area contributed by atoms with Gasteiger partial charge in [-0.15, -0.1) is 0 Å². The van der Waals surface area contributed by atoms with Gasteiger partial charge < -0.3 is 9.47 Å². The average Bonchev–Trinajstić information content (AvgIpc) is 2.63. The maximum absolute atomic E-state index is 11.7. The largest absolute Gasteiger partial charge is 0.497 e. The van der Waals surface area contributed by atoms with Crippen LogP contribution >= 0.6 is 0 Å². The molecule has 0 aliphatic rings. The van der Waals surface area contributed by atoms with E-state index in [0.29, 0.717) is 11.5 Å². The summed E-state index contributed by atoms with van der Waals surface area (Å²) in [5.41, 5.74) is 3.57. The van der Waals surface area contributed by atoms with Crippen LogP contribution < -0.4 is 9.47 Å². The van der Waals surface area contributed by atoms with E-state index in [1.807, 2.05) is 72.8 Å². The lowest BCUT2D eigenvalue weighted by atomic mass is 9.96. The van der Waals surface area contributed by atoms with Gasteiger partial charge in [-0.1, -0.05) is 60.7 Å². The molecule has 0 aliphatic carbocycles. The highest BCUT2D eigenvalue weighted by Crippen LogP contribution is 2.42. The predicted octanol–water partition coefficient (Wildman–Crippen LogP) is 4.95. The molecule has 0 unspecified atom stereocenters. The van der Waals surface area contributed by atoms with Crippen LogP contribution in [-0.2, 0) is 4.79 Å². The van der Waals surface area contributed by atoms with Gasteiger partial charge in [0.1, 0.15) is 11.5 Å². The summed E-state index contributed by atoms with van der Waals surface area (Å²) >= 11 is 0. The molecule has 0 aromatic heterocycles. The molecule has 0 saturated heterocycles. The van der Waals surface area contributed by atoms with E-state index < -0.39 is 0 Å². The van der Waals surface area contributed by atoms with Crippen LogP contribution in [0.1, 0.15) is 6.92 Å². The monoisotopic (exact) mass is 318 g/mol. The van der Waals surface area contributed by atoms with Crippen LogP contribution in [0.25, 0.3) is 22.3 Å². The molecule has 0 atom stereocenters. The number of hydrogen-bond acceptors (Lipinski definition) is 3. The van der Waals surface area contributed by atoms with Crippen molar-refractivity contribution in [3.05, 3.63) is 72.8 Å². The van der Waals surface area contributed by atoms with Crippen LogP contribution in [0.3, 0.4) is 0 Å². The molecule has 24 heavy (non-hydrogen) atoms. The van der Waals surface area contributed by atoms with Crippen LogP contribution in [-0.4, -0.2) is 13.1 Å². The van der Waals surface area contributed by atoms with Crippen molar-refractivity contribution in [2.75, 3.05) is 7.11 Å². The van der Waals surface area contributed by atoms with Crippen LogP contribution in [0.15, 0.2) is 72.8 Å². The summed E-state index contributed by atoms with van der Waals surface area (Å²) in [4.78, 5) is 11.7. The molecule has 120 valence electrons. The summed E-state index contributed by atoms with van der Waals surface area (Å²) in [6.07, 6.45) is 0. The Morgan fingerprint density at radius 3 is 1.62 bits per heavy atom. The molecule has 3 heteroatoms. The van der Waals surface area contributed by atoms with Crippen LogP contribution in [0.5, 0.6) is 11.5 Å². The Kier molecular flexibility index (Phi) is 4.62. The van der Waals surface area contributed by atoms with E-state index in [1.54, 1.807) is 7.11 Å². The Labute approximate surface area is 141 Å². The van der Waals surface area contributed by atoms with Gasteiger partial charge in [0.15, 0.2) is 0 Å². The van der Waals surface area contributed by atoms with E-state index in [1.165, 1.54) is 6.92 Å². The van der Waals surface area contributed by atoms with E-state index in [0.717, 1.165) is 22.3 Å². The zero-order valence-corrected chi connectivity index (χ0v) is 13.7. The van der Waals surface area contributed by atoms with Gasteiger partial charge in [0.25, 0.3) is 0 Å². The van der Waals surface area contributed by atoms with Crippen molar-refractivity contribution in [1.29, 1.82) is 0 Å². The predicted molar refractivity (Wildman–Crippen MR) is 95.2 cm³/mol. The van der Waals surface area contributed by atoms with Crippen molar-refractivity contribution >= 4 is 5.97 Å². The minimum Gasteiger partial charge on any atom is -0.497 e. The molecule has 3 aromatic carbocycles. The van der Waals surface area contributed by atoms with E-state index in [-0.39, 0.29) is 5.97 Å². The highest BCUT2D eigenvalue weighted by atomic mass is 16.5. The second-order valence-corrected chi connectivity index (χ2v) is 5.38. The molecule has 0 amide bonds. The highest BCUT2D eigenvalue weighted by Gasteiger charge is 2.17. The van der Waals surface area contributed by atoms with Crippen molar-refractivity contribution in [2.24, 2.45) is 0 Å². The van der Waals surface area contributed by atoms with Gasteiger partial charge in [0.2, 0.25) is 0 Å². The zero-order valence-electron chi connectivity index (χ0n) is 13.7. The first-order chi connectivity index (χ1) is 11.7. The molecule has 0 bridgehead atoms. The Morgan fingerprint density at radius 1 is 0.792 bits per heavy atom. The summed E-state index contributed by atoms with van der Waals surface area (Å²) in [5.74, 6) is 0.902. The topological polar surface area (TPSA) is 35.5 Å². The van der Waals surface area contributed by atoms with E-state index in [2.05, 4.69) is 0 Å². The molecule has 0 aliphatic heterocycles. The Hall–Kier alpha value is -3.07. The second-order valence-electron chi connectivity index (χ2n) is 5.38. The van der Waals surface area contributed by atoms with Crippen LogP contribution in [0, 0.1) is 0 Å². The van der Waals surface area contributed by atoms with E-state index >= 15 is 0 Å². The smallest absolute Gasteiger partial charge is 0.308 e. The van der Waals surface area contributed by atoms with Gasteiger partial charge in [0, 0.05) is 18.1 Å². The first-order valence-electron chi connectivity index (χ1n) is 7.70. The number of carbonyl (C=O) groups is 1. The Bertz CT molecular complexity index is 779. The lowest BCUT2D eigenvalue weighted by Gasteiger charge is -2.16. The molecule has 0 saturated carbocycles. The zero-order chi connectivity index (χ0) is 16.9. The fourth-order valence-electron chi connectivity index (χ4n) is 2.64. The third kappa shape index (κ3) is 3.30. The van der Waals surface area contributed by atoms with Crippen LogP contribution in [0.2, 0.25) is 0 Å². The third-order valence-electron chi connectivity index (χ3n) is 3.71. The van der Waals surface area contributed by atoms with Gasteiger partial charge in [0.05, 0.1) is 7.11 Å². The quantitative estimate of drug-likeness (QED) is 0.504. The Balaban J connectivity index is 2.29. The lowest BCUT2D eigenvalue weighted by Crippen LogP contribution is -2.05. The number of rotatable bonds is 4. The molecule has 3 nitrogen and oxygen atoms in total. The average molecular weight is 318 g/mol. The van der Waals surface area contributed by atoms with E-state index in [4.69, 9.17) is 9.47 Å². The maximum atomic E-state index is 11.7. The first-order valence-corrected chi connectivity index (χ1v) is 7.70. The number of ether oxygens (including phenoxy) is 2. The molecule has 3 rings (SSSR count). The van der Waals surface area contributed by atoms with Crippen molar-refractivity contribution in [1.82, 2.24) is 0 Å². The minimum absolute atomic E-state index is 0.352. The molecule has 0 spiro atoms. The standard InChI is InChI=1S/C21H18O3/c1-15(22)24-21-19(16-9-5-3-6-10-16)13-18(23-2)14-20(21)17-11-7-4-8-12-17/h3-14H,1-2H3. The normalized spacial score (nSPS) is 10.2. The van der Waals surface area contributed by atoms with E-state index in [9.17, 15) is 4.79 Å². The van der Waals surface area contributed by atoms with Crippen molar-refractivity contribution in [3.8, 4) is 33.8 Å². The van der Waals surface area contributed by atoms with Gasteiger partial charge in [-0.2, -0.15) is 0 Å². The van der Waals surface area contributed by atoms with Gasteiger partial charge in [-0.25, -0.2) is 0 Å². The number of methoxy groups -OCH3 is 1. The summed E-state index contributed by atoms with van der Waals surface area (Å²) in [5, 5.41) is 0. The summed E-state index contributed by atoms with van der Waals surface area (Å²) < 4.78 is 11.0. The molecule has 0 N–H and O–H groups in total. The summed E-state index contributed by atoms with van der Waals surface area (Å²) in [6, 6.07) is 23.4. The summed E-state index contributed by atoms with van der Waals surface area (Å²) in [6.45, 7) is 1.41. The van der Waals surface area contributed by atoms with Crippen molar-refractivity contribution in [2.45, 2.75) is 6.92 Å². The SMILES string of the molecule is COc1cc(-c2ccccc2)c(OC(C)=O)c(-c2ccccc2)c1. The molecule has 0 radical (unpaired) electrons. The molecular weight excluding hydrogens is 300 g/mol. The van der Waals surface area contributed by atoms with Gasteiger partial charge in [-0.3, -0.25) is 4.79 Å². The van der Waals surface area contributed by atoms with Gasteiger partial charge >= 0.3 is 5.97 Å². The third-order valence-corrected chi connectivity index (χ3v) is 3.71. The Morgan fingerprint density at radius 2 is 1.25 bits per heavy atom. The van der Waals surface area contributed by atoms with Crippen molar-refractivity contribution in [3.63, 3.8) is 0 Å². The molecular formula is C21H18O3. The van der Waals surface area contributed by atoms with Crippen molar-refractivity contribution < 1.29 is 14.3 Å². The second kappa shape index (κ2) is 7.01. The fourth-order valence-corrected chi connectivity index (χ4v) is 2.64. The minimum atomic E-state index is -0.352. The molecule has 0 heterocycles. The maximum Gasteiger partial charge on any atom is 0.308 e. The fraction of sp³-hybridized carbons (Fsp3) is 0.0952. The number of esters is 1. The number of carbonyl (C=O) groups excluding carboxylic acids is 1. The number of hydrogen-bond donors (Lipinski definition) is 0. The summed E-state index contributed by atoms with van der Waals surface area (Å²) in [7, 11) is 1.63. The molecule has 0 fully saturated rings.